The Hall–Kier alpha value is -3.64. The van der Waals surface area contributed by atoms with Gasteiger partial charge in [0.2, 0.25) is 0 Å². The van der Waals surface area contributed by atoms with Crippen LogP contribution in [0, 0.1) is 0 Å². The summed E-state index contributed by atoms with van der Waals surface area (Å²) in [6.45, 7) is 2.20. The highest BCUT2D eigenvalue weighted by molar-refractivity contribution is 5.97. The Balaban J connectivity index is 1.65. The van der Waals surface area contributed by atoms with Crippen LogP contribution in [0.15, 0.2) is 72.8 Å². The molecule has 0 heterocycles. The predicted octanol–water partition coefficient (Wildman–Crippen LogP) is 4.85. The van der Waals surface area contributed by atoms with E-state index in [0.717, 1.165) is 29.9 Å². The van der Waals surface area contributed by atoms with Crippen molar-refractivity contribution in [2.45, 2.75) is 25.9 Å². The summed E-state index contributed by atoms with van der Waals surface area (Å²) in [4.78, 5) is 26.4. The largest absolute Gasteiger partial charge is 0.497 e. The summed E-state index contributed by atoms with van der Waals surface area (Å²) in [7, 11) is 5.49. The van der Waals surface area contributed by atoms with Crippen LogP contribution in [-0.4, -0.2) is 57.1 Å². The number of hydrogen-bond donors (Lipinski definition) is 0. The third-order valence-electron chi connectivity index (χ3n) is 5.59. The molecule has 35 heavy (non-hydrogen) atoms. The van der Waals surface area contributed by atoms with Crippen LogP contribution < -0.4 is 9.47 Å². The number of nitrogens with zero attached hydrogens (tertiary/aromatic N) is 1. The highest BCUT2D eigenvalue weighted by Crippen LogP contribution is 2.22. The number of ether oxygens (including phenoxy) is 3. The van der Waals surface area contributed by atoms with Gasteiger partial charge in [0, 0.05) is 12.1 Å². The van der Waals surface area contributed by atoms with Gasteiger partial charge in [0.05, 0.1) is 12.7 Å². The van der Waals surface area contributed by atoms with Crippen molar-refractivity contribution in [1.82, 2.24) is 4.90 Å². The summed E-state index contributed by atoms with van der Waals surface area (Å²) >= 11 is 0. The normalized spacial score (nSPS) is 11.7. The number of esters is 1. The predicted molar refractivity (Wildman–Crippen MR) is 137 cm³/mol. The first-order chi connectivity index (χ1) is 16.9. The SMILES string of the molecule is COc1ccc(CCc2ccccc2OC[C@@H](CN(C)C)OC(=O)c2cccc(C(C)=O)c2)cc1. The molecule has 0 radical (unpaired) electrons. The molecule has 0 N–H and O–H groups in total. The molecule has 6 heteroatoms. The van der Waals surface area contributed by atoms with Gasteiger partial charge in [-0.25, -0.2) is 4.79 Å². The van der Waals surface area contributed by atoms with E-state index < -0.39 is 12.1 Å². The molecule has 0 amide bonds. The van der Waals surface area contributed by atoms with Gasteiger partial charge in [0.25, 0.3) is 0 Å². The minimum Gasteiger partial charge on any atom is -0.497 e. The van der Waals surface area contributed by atoms with Gasteiger partial charge >= 0.3 is 5.97 Å². The van der Waals surface area contributed by atoms with E-state index in [1.807, 2.05) is 49.3 Å². The van der Waals surface area contributed by atoms with Crippen molar-refractivity contribution in [3.05, 3.63) is 95.1 Å². The zero-order chi connectivity index (χ0) is 25.2. The smallest absolute Gasteiger partial charge is 0.338 e. The minimum atomic E-state index is -0.479. The summed E-state index contributed by atoms with van der Waals surface area (Å²) < 4.78 is 17.1. The lowest BCUT2D eigenvalue weighted by Crippen LogP contribution is -2.35. The van der Waals surface area contributed by atoms with Crippen LogP contribution in [-0.2, 0) is 17.6 Å². The van der Waals surface area contributed by atoms with Gasteiger partial charge in [-0.3, -0.25) is 4.79 Å². The quantitative estimate of drug-likeness (QED) is 0.276. The fourth-order valence-corrected chi connectivity index (χ4v) is 3.72. The number of hydrogen-bond acceptors (Lipinski definition) is 6. The maximum absolute atomic E-state index is 12.8. The molecule has 0 saturated carbocycles. The van der Waals surface area contributed by atoms with Crippen LogP contribution in [0.5, 0.6) is 11.5 Å². The van der Waals surface area contributed by atoms with Crippen LogP contribution >= 0.6 is 0 Å². The Labute approximate surface area is 207 Å². The first kappa shape index (κ1) is 26.0. The van der Waals surface area contributed by atoms with E-state index in [1.54, 1.807) is 31.4 Å². The fourth-order valence-electron chi connectivity index (χ4n) is 3.72. The highest BCUT2D eigenvalue weighted by atomic mass is 16.6. The summed E-state index contributed by atoms with van der Waals surface area (Å²) in [5, 5.41) is 0. The fraction of sp³-hybridized carbons (Fsp3) is 0.310. The number of aryl methyl sites for hydroxylation is 2. The van der Waals surface area contributed by atoms with Crippen molar-refractivity contribution in [2.24, 2.45) is 0 Å². The van der Waals surface area contributed by atoms with Crippen molar-refractivity contribution < 1.29 is 23.8 Å². The lowest BCUT2D eigenvalue weighted by Gasteiger charge is -2.22. The number of carbonyl (C=O) groups excluding carboxylic acids is 2. The van der Waals surface area contributed by atoms with Crippen LogP contribution in [0.1, 0.15) is 38.8 Å². The van der Waals surface area contributed by atoms with Gasteiger partial charge in [0.15, 0.2) is 5.78 Å². The number of Topliss-reactive ketones (excluding diaryl/α,β-unsaturated/α-hetero) is 1. The zero-order valence-corrected chi connectivity index (χ0v) is 20.8. The van der Waals surface area contributed by atoms with Crippen LogP contribution in [0.2, 0.25) is 0 Å². The van der Waals surface area contributed by atoms with Crippen LogP contribution in [0.3, 0.4) is 0 Å². The van der Waals surface area contributed by atoms with Crippen molar-refractivity contribution in [1.29, 1.82) is 0 Å². The van der Waals surface area contributed by atoms with Gasteiger partial charge in [-0.15, -0.1) is 0 Å². The van der Waals surface area contributed by atoms with E-state index in [2.05, 4.69) is 18.2 Å². The van der Waals surface area contributed by atoms with Crippen LogP contribution in [0.25, 0.3) is 0 Å². The molecule has 0 aliphatic heterocycles. The number of rotatable bonds is 12. The molecule has 0 aromatic heterocycles. The first-order valence-electron chi connectivity index (χ1n) is 11.7. The number of likely N-dealkylation sites (N-methyl/N-ethyl adjacent to an activating group) is 1. The molecule has 3 aromatic carbocycles. The summed E-state index contributed by atoms with van der Waals surface area (Å²) in [5.74, 6) is 1.04. The Bertz CT molecular complexity index is 1120. The third-order valence-corrected chi connectivity index (χ3v) is 5.59. The standard InChI is InChI=1S/C29H33NO5/c1-21(31)24-9-7-10-25(18-24)29(32)35-27(19-30(2)3)20-34-28-11-6-5-8-23(28)15-12-22-13-16-26(33-4)17-14-22/h5-11,13-14,16-18,27H,12,15,19-20H2,1-4H3/t27-/m1/s1. The number of para-hydroxylation sites is 1. The molecule has 0 aliphatic rings. The number of ketones is 1. The van der Waals surface area contributed by atoms with Gasteiger partial charge in [-0.2, -0.15) is 0 Å². The van der Waals surface area contributed by atoms with Crippen LogP contribution in [0.4, 0.5) is 0 Å². The second kappa shape index (κ2) is 12.7. The Morgan fingerprint density at radius 1 is 0.886 bits per heavy atom. The Morgan fingerprint density at radius 2 is 1.60 bits per heavy atom. The molecular weight excluding hydrogens is 442 g/mol. The number of methoxy groups -OCH3 is 1. The minimum absolute atomic E-state index is 0.0981. The van der Waals surface area contributed by atoms with E-state index in [9.17, 15) is 9.59 Å². The Kier molecular flexibility index (Phi) is 9.44. The maximum atomic E-state index is 12.8. The second-order valence-corrected chi connectivity index (χ2v) is 8.69. The van der Waals surface area contributed by atoms with Crippen molar-refractivity contribution >= 4 is 11.8 Å². The molecule has 0 saturated heterocycles. The molecule has 0 aliphatic carbocycles. The lowest BCUT2D eigenvalue weighted by atomic mass is 10.0. The summed E-state index contributed by atoms with van der Waals surface area (Å²) in [6, 6.07) is 22.6. The molecule has 0 bridgehead atoms. The molecular formula is C29H33NO5. The van der Waals surface area contributed by atoms with E-state index >= 15 is 0 Å². The maximum Gasteiger partial charge on any atom is 0.338 e. The third kappa shape index (κ3) is 7.97. The summed E-state index contributed by atoms with van der Waals surface area (Å²) in [6.07, 6.45) is 1.21. The molecule has 0 fully saturated rings. The molecule has 184 valence electrons. The highest BCUT2D eigenvalue weighted by Gasteiger charge is 2.19. The molecule has 0 spiro atoms. The Morgan fingerprint density at radius 3 is 2.29 bits per heavy atom. The average Bonchev–Trinajstić information content (AvgIpc) is 2.86. The lowest BCUT2D eigenvalue weighted by molar-refractivity contribution is 0.0103. The van der Waals surface area contributed by atoms with E-state index in [4.69, 9.17) is 14.2 Å². The number of carbonyl (C=O) groups is 2. The average molecular weight is 476 g/mol. The monoisotopic (exact) mass is 475 g/mol. The van der Waals surface area contributed by atoms with E-state index in [0.29, 0.717) is 17.7 Å². The number of benzene rings is 3. The second-order valence-electron chi connectivity index (χ2n) is 8.69. The van der Waals surface area contributed by atoms with Gasteiger partial charge in [0.1, 0.15) is 24.2 Å². The molecule has 3 rings (SSSR count). The zero-order valence-electron chi connectivity index (χ0n) is 20.8. The van der Waals surface area contributed by atoms with Crippen molar-refractivity contribution in [2.75, 3.05) is 34.4 Å². The van der Waals surface area contributed by atoms with Crippen molar-refractivity contribution in [3.8, 4) is 11.5 Å². The molecule has 6 nitrogen and oxygen atoms in total. The topological polar surface area (TPSA) is 65.1 Å². The van der Waals surface area contributed by atoms with Gasteiger partial charge < -0.3 is 19.1 Å². The molecule has 0 unspecified atom stereocenters. The van der Waals surface area contributed by atoms with Gasteiger partial charge in [-0.1, -0.05) is 42.5 Å². The van der Waals surface area contributed by atoms with Crippen molar-refractivity contribution in [3.63, 3.8) is 0 Å². The van der Waals surface area contributed by atoms with E-state index in [1.165, 1.54) is 12.5 Å². The van der Waals surface area contributed by atoms with Gasteiger partial charge in [-0.05, 0) is 75.3 Å². The van der Waals surface area contributed by atoms with E-state index in [-0.39, 0.29) is 12.4 Å². The molecule has 3 aromatic rings. The molecule has 1 atom stereocenters. The first-order valence-corrected chi connectivity index (χ1v) is 11.7. The summed E-state index contributed by atoms with van der Waals surface area (Å²) in [5.41, 5.74) is 3.13.